The number of anilines is 1. The molecular formula is C12H14BrNO. The number of carbonyl (C=O) groups is 1. The summed E-state index contributed by atoms with van der Waals surface area (Å²) in [6.45, 7) is 4.92. The molecule has 15 heavy (non-hydrogen) atoms. The van der Waals surface area contributed by atoms with Gasteiger partial charge in [-0.3, -0.25) is 4.79 Å². The van der Waals surface area contributed by atoms with Crippen molar-refractivity contribution in [3.8, 4) is 0 Å². The minimum absolute atomic E-state index is 0.213. The van der Waals surface area contributed by atoms with Crippen LogP contribution in [0.1, 0.15) is 17.5 Å². The third-order valence-corrected chi connectivity index (χ3v) is 3.56. The monoisotopic (exact) mass is 267 g/mol. The Balaban J connectivity index is 2.38. The molecule has 1 aliphatic rings. The molecule has 0 spiro atoms. The van der Waals surface area contributed by atoms with E-state index in [1.54, 1.807) is 0 Å². The first kappa shape index (κ1) is 10.7. The van der Waals surface area contributed by atoms with Crippen molar-refractivity contribution in [3.63, 3.8) is 0 Å². The fourth-order valence-corrected chi connectivity index (χ4v) is 2.49. The average molecular weight is 268 g/mol. The molecular weight excluding hydrogens is 254 g/mol. The molecule has 1 fully saturated rings. The first-order valence-corrected chi connectivity index (χ1v) is 6.02. The highest BCUT2D eigenvalue weighted by molar-refractivity contribution is 9.09. The molecule has 1 aromatic carbocycles. The summed E-state index contributed by atoms with van der Waals surface area (Å²) >= 11 is 3.50. The number of alkyl halides is 1. The lowest BCUT2D eigenvalue weighted by Gasteiger charge is -2.19. The van der Waals surface area contributed by atoms with Gasteiger partial charge in [-0.25, -0.2) is 0 Å². The highest BCUT2D eigenvalue weighted by Crippen LogP contribution is 2.29. The van der Waals surface area contributed by atoms with Gasteiger partial charge in [0.2, 0.25) is 5.91 Å². The molecule has 0 saturated carbocycles. The Hall–Kier alpha value is -0.830. The molecule has 0 radical (unpaired) electrons. The Labute approximate surface area is 98.4 Å². The maximum atomic E-state index is 11.7. The van der Waals surface area contributed by atoms with Crippen molar-refractivity contribution in [1.29, 1.82) is 0 Å². The molecule has 1 atom stereocenters. The number of amides is 1. The molecule has 2 rings (SSSR count). The highest BCUT2D eigenvalue weighted by Gasteiger charge is 2.29. The minimum atomic E-state index is 0.213. The van der Waals surface area contributed by atoms with Gasteiger partial charge in [0.15, 0.2) is 0 Å². The van der Waals surface area contributed by atoms with Crippen LogP contribution in [-0.2, 0) is 4.79 Å². The molecule has 0 aromatic heterocycles. The molecule has 1 saturated heterocycles. The summed E-state index contributed by atoms with van der Waals surface area (Å²) in [5, 5.41) is 0. The summed E-state index contributed by atoms with van der Waals surface area (Å²) in [4.78, 5) is 13.9. The van der Waals surface area contributed by atoms with E-state index < -0.39 is 0 Å². The SMILES string of the molecule is Cc1cccc(N2CC(Br)CC2=O)c1C. The van der Waals surface area contributed by atoms with Gasteiger partial charge >= 0.3 is 0 Å². The van der Waals surface area contributed by atoms with E-state index in [1.165, 1.54) is 11.1 Å². The first-order valence-electron chi connectivity index (χ1n) is 5.10. The van der Waals surface area contributed by atoms with Gasteiger partial charge in [0.25, 0.3) is 0 Å². The first-order chi connectivity index (χ1) is 7.09. The molecule has 2 nitrogen and oxygen atoms in total. The summed E-state index contributed by atoms with van der Waals surface area (Å²) < 4.78 is 0. The minimum Gasteiger partial charge on any atom is -0.311 e. The van der Waals surface area contributed by atoms with Crippen LogP contribution in [0.4, 0.5) is 5.69 Å². The number of aryl methyl sites for hydroxylation is 1. The van der Waals surface area contributed by atoms with E-state index in [2.05, 4.69) is 35.8 Å². The number of carbonyl (C=O) groups excluding carboxylic acids is 1. The molecule has 1 aliphatic heterocycles. The van der Waals surface area contributed by atoms with E-state index in [-0.39, 0.29) is 5.91 Å². The zero-order valence-corrected chi connectivity index (χ0v) is 10.5. The summed E-state index contributed by atoms with van der Waals surface area (Å²) in [7, 11) is 0. The number of nitrogens with zero attached hydrogens (tertiary/aromatic N) is 1. The molecule has 0 bridgehead atoms. The van der Waals surface area contributed by atoms with Gasteiger partial charge in [-0.15, -0.1) is 0 Å². The highest BCUT2D eigenvalue weighted by atomic mass is 79.9. The van der Waals surface area contributed by atoms with E-state index in [0.717, 1.165) is 12.2 Å². The van der Waals surface area contributed by atoms with Crippen LogP contribution in [0.2, 0.25) is 0 Å². The van der Waals surface area contributed by atoms with Gasteiger partial charge in [-0.1, -0.05) is 28.1 Å². The molecule has 1 amide bonds. The van der Waals surface area contributed by atoms with Crippen molar-refractivity contribution < 1.29 is 4.79 Å². The average Bonchev–Trinajstić information content (AvgIpc) is 2.50. The zero-order valence-electron chi connectivity index (χ0n) is 8.96. The summed E-state index contributed by atoms with van der Waals surface area (Å²) in [6.07, 6.45) is 0.605. The number of hydrogen-bond donors (Lipinski definition) is 0. The van der Waals surface area contributed by atoms with E-state index in [1.807, 2.05) is 17.0 Å². The van der Waals surface area contributed by atoms with Gasteiger partial charge < -0.3 is 4.90 Å². The zero-order chi connectivity index (χ0) is 11.0. The standard InChI is InChI=1S/C12H14BrNO/c1-8-4-3-5-11(9(8)2)14-7-10(13)6-12(14)15/h3-5,10H,6-7H2,1-2H3. The second-order valence-corrected chi connectivity index (χ2v) is 5.32. The maximum Gasteiger partial charge on any atom is 0.228 e. The molecule has 0 N–H and O–H groups in total. The van der Waals surface area contributed by atoms with Gasteiger partial charge in [0.1, 0.15) is 0 Å². The van der Waals surface area contributed by atoms with Crippen molar-refractivity contribution in [2.45, 2.75) is 25.1 Å². The summed E-state index contributed by atoms with van der Waals surface area (Å²) in [6, 6.07) is 6.10. The van der Waals surface area contributed by atoms with Crippen molar-refractivity contribution in [2.75, 3.05) is 11.4 Å². The molecule has 80 valence electrons. The number of rotatable bonds is 1. The predicted molar refractivity (Wildman–Crippen MR) is 65.6 cm³/mol. The van der Waals surface area contributed by atoms with Crippen molar-refractivity contribution in [2.24, 2.45) is 0 Å². The van der Waals surface area contributed by atoms with Crippen molar-refractivity contribution in [3.05, 3.63) is 29.3 Å². The predicted octanol–water partition coefficient (Wildman–Crippen LogP) is 2.80. The number of hydrogen-bond acceptors (Lipinski definition) is 1. The lowest BCUT2D eigenvalue weighted by atomic mass is 10.1. The Morgan fingerprint density at radius 1 is 1.40 bits per heavy atom. The second kappa shape index (κ2) is 3.97. The van der Waals surface area contributed by atoms with Crippen LogP contribution in [0.25, 0.3) is 0 Å². The normalized spacial score (nSPS) is 21.1. The number of halogens is 1. The number of benzene rings is 1. The van der Waals surface area contributed by atoms with Gasteiger partial charge in [-0.2, -0.15) is 0 Å². The van der Waals surface area contributed by atoms with E-state index in [0.29, 0.717) is 11.2 Å². The lowest BCUT2D eigenvalue weighted by molar-refractivity contribution is -0.117. The van der Waals surface area contributed by atoms with Crippen LogP contribution < -0.4 is 4.90 Å². The topological polar surface area (TPSA) is 20.3 Å². The van der Waals surface area contributed by atoms with Crippen LogP contribution in [0.5, 0.6) is 0 Å². The van der Waals surface area contributed by atoms with Crippen LogP contribution in [0, 0.1) is 13.8 Å². The van der Waals surface area contributed by atoms with Crippen molar-refractivity contribution in [1.82, 2.24) is 0 Å². The fraction of sp³-hybridized carbons (Fsp3) is 0.417. The second-order valence-electron chi connectivity index (χ2n) is 4.02. The van der Waals surface area contributed by atoms with Crippen LogP contribution in [0.3, 0.4) is 0 Å². The summed E-state index contributed by atoms with van der Waals surface area (Å²) in [5.74, 6) is 0.213. The Bertz CT molecular complexity index is 403. The lowest BCUT2D eigenvalue weighted by Crippen LogP contribution is -2.25. The summed E-state index contributed by atoms with van der Waals surface area (Å²) in [5.41, 5.74) is 3.49. The molecule has 1 aromatic rings. The molecule has 1 heterocycles. The van der Waals surface area contributed by atoms with Gasteiger partial charge in [0.05, 0.1) is 0 Å². The van der Waals surface area contributed by atoms with Gasteiger partial charge in [0, 0.05) is 23.5 Å². The largest absolute Gasteiger partial charge is 0.311 e. The maximum absolute atomic E-state index is 11.7. The van der Waals surface area contributed by atoms with E-state index in [9.17, 15) is 4.79 Å². The van der Waals surface area contributed by atoms with Gasteiger partial charge in [-0.05, 0) is 31.0 Å². The Kier molecular flexibility index (Phi) is 2.83. The Morgan fingerprint density at radius 2 is 2.13 bits per heavy atom. The molecule has 3 heteroatoms. The molecule has 0 aliphatic carbocycles. The third-order valence-electron chi connectivity index (χ3n) is 2.94. The smallest absolute Gasteiger partial charge is 0.228 e. The quantitative estimate of drug-likeness (QED) is 0.717. The van der Waals surface area contributed by atoms with Crippen LogP contribution in [0.15, 0.2) is 18.2 Å². The molecule has 1 unspecified atom stereocenters. The van der Waals surface area contributed by atoms with Crippen LogP contribution in [-0.4, -0.2) is 17.3 Å². The third kappa shape index (κ3) is 1.93. The van der Waals surface area contributed by atoms with Crippen molar-refractivity contribution >= 4 is 27.5 Å². The van der Waals surface area contributed by atoms with E-state index in [4.69, 9.17) is 0 Å². The van der Waals surface area contributed by atoms with Crippen LogP contribution >= 0.6 is 15.9 Å². The van der Waals surface area contributed by atoms with E-state index >= 15 is 0 Å². The Morgan fingerprint density at radius 3 is 2.73 bits per heavy atom. The fourth-order valence-electron chi connectivity index (χ4n) is 1.92.